The fourth-order valence-electron chi connectivity index (χ4n) is 3.56. The molecular weight excluding hydrogens is 396 g/mol. The van der Waals surface area contributed by atoms with Gasteiger partial charge in [-0.15, -0.1) is 5.10 Å². The molecule has 1 aromatic carbocycles. The van der Waals surface area contributed by atoms with E-state index in [-0.39, 0.29) is 5.91 Å². The molecule has 0 unspecified atom stereocenters. The highest BCUT2D eigenvalue weighted by Crippen LogP contribution is 2.18. The summed E-state index contributed by atoms with van der Waals surface area (Å²) >= 11 is 0. The first kappa shape index (κ1) is 20.7. The zero-order chi connectivity index (χ0) is 21.6. The minimum atomic E-state index is -0.219. The van der Waals surface area contributed by atoms with E-state index in [4.69, 9.17) is 4.74 Å². The maximum atomic E-state index is 12.6. The highest BCUT2D eigenvalue weighted by atomic mass is 16.5. The number of nitrogens with one attached hydrogen (secondary N) is 1. The molecule has 1 saturated heterocycles. The number of nitrogens with zero attached hydrogens (tertiary/aromatic N) is 7. The number of benzene rings is 1. The number of carbonyl (C=O) groups excluding carboxylic acids is 1. The van der Waals surface area contributed by atoms with E-state index in [9.17, 15) is 4.79 Å². The fourth-order valence-corrected chi connectivity index (χ4v) is 3.56. The number of hydrogen-bond donors (Lipinski definition) is 1. The zero-order valence-electron chi connectivity index (χ0n) is 17.7. The van der Waals surface area contributed by atoms with Crippen molar-refractivity contribution in [3.05, 3.63) is 54.1 Å². The quantitative estimate of drug-likeness (QED) is 0.600. The maximum absolute atomic E-state index is 12.6. The first-order valence-corrected chi connectivity index (χ1v) is 10.2. The van der Waals surface area contributed by atoms with Crippen molar-refractivity contribution in [2.45, 2.75) is 6.92 Å². The highest BCUT2D eigenvalue weighted by Gasteiger charge is 2.20. The van der Waals surface area contributed by atoms with Gasteiger partial charge < -0.3 is 15.0 Å². The van der Waals surface area contributed by atoms with Gasteiger partial charge in [0.25, 0.3) is 5.91 Å². The standard InChI is InChI=1S/C21H26N8O2/c1-16-19(25-26-29(16)17-5-3-6-18(15-17)31-2)20(30)22-9-10-27-11-13-28(14-12-27)21-23-7-4-8-24-21/h3-8,15H,9-14H2,1-2H3,(H,22,30). The predicted molar refractivity (Wildman–Crippen MR) is 116 cm³/mol. The average molecular weight is 422 g/mol. The molecule has 162 valence electrons. The van der Waals surface area contributed by atoms with Gasteiger partial charge in [-0.3, -0.25) is 9.69 Å². The normalized spacial score (nSPS) is 14.5. The van der Waals surface area contributed by atoms with Gasteiger partial charge in [0, 0.05) is 57.7 Å². The number of ether oxygens (including phenoxy) is 1. The van der Waals surface area contributed by atoms with E-state index in [1.165, 1.54) is 0 Å². The van der Waals surface area contributed by atoms with E-state index in [1.54, 1.807) is 24.2 Å². The van der Waals surface area contributed by atoms with Crippen LogP contribution < -0.4 is 15.0 Å². The molecule has 10 heteroatoms. The molecule has 0 saturated carbocycles. The summed E-state index contributed by atoms with van der Waals surface area (Å²) in [5.74, 6) is 1.27. The lowest BCUT2D eigenvalue weighted by Crippen LogP contribution is -2.49. The van der Waals surface area contributed by atoms with Crippen LogP contribution in [0.25, 0.3) is 5.69 Å². The van der Waals surface area contributed by atoms with Gasteiger partial charge in [0.1, 0.15) is 5.75 Å². The van der Waals surface area contributed by atoms with Gasteiger partial charge in [-0.05, 0) is 25.1 Å². The van der Waals surface area contributed by atoms with Crippen LogP contribution >= 0.6 is 0 Å². The molecule has 1 aliphatic heterocycles. The second kappa shape index (κ2) is 9.52. The number of rotatable bonds is 7. The molecule has 31 heavy (non-hydrogen) atoms. The Balaban J connectivity index is 1.27. The van der Waals surface area contributed by atoms with Gasteiger partial charge in [0.15, 0.2) is 5.69 Å². The number of anilines is 1. The summed E-state index contributed by atoms with van der Waals surface area (Å²) in [6, 6.07) is 9.30. The van der Waals surface area contributed by atoms with Crippen LogP contribution in [0.15, 0.2) is 42.7 Å². The Hall–Kier alpha value is -3.53. The third kappa shape index (κ3) is 4.80. The molecule has 3 heterocycles. The molecule has 0 aliphatic carbocycles. The molecule has 0 spiro atoms. The second-order valence-corrected chi connectivity index (χ2v) is 7.27. The number of methoxy groups -OCH3 is 1. The lowest BCUT2D eigenvalue weighted by molar-refractivity contribution is 0.0942. The van der Waals surface area contributed by atoms with Crippen LogP contribution in [-0.2, 0) is 0 Å². The number of aromatic nitrogens is 5. The van der Waals surface area contributed by atoms with Gasteiger partial charge in [-0.1, -0.05) is 11.3 Å². The van der Waals surface area contributed by atoms with Crippen LogP contribution in [0.1, 0.15) is 16.2 Å². The van der Waals surface area contributed by atoms with Crippen molar-refractivity contribution in [1.82, 2.24) is 35.2 Å². The lowest BCUT2D eigenvalue weighted by Gasteiger charge is -2.34. The van der Waals surface area contributed by atoms with Gasteiger partial charge in [0.05, 0.1) is 18.5 Å². The monoisotopic (exact) mass is 422 g/mol. The maximum Gasteiger partial charge on any atom is 0.273 e. The minimum Gasteiger partial charge on any atom is -0.497 e. The van der Waals surface area contributed by atoms with Crippen LogP contribution in [0, 0.1) is 6.92 Å². The van der Waals surface area contributed by atoms with Gasteiger partial charge in [-0.25, -0.2) is 14.6 Å². The van der Waals surface area contributed by atoms with Crippen molar-refractivity contribution in [2.75, 3.05) is 51.3 Å². The van der Waals surface area contributed by atoms with Gasteiger partial charge >= 0.3 is 0 Å². The minimum absolute atomic E-state index is 0.219. The molecule has 1 fully saturated rings. The van der Waals surface area contributed by atoms with Crippen molar-refractivity contribution in [1.29, 1.82) is 0 Å². The Morgan fingerprint density at radius 3 is 2.65 bits per heavy atom. The molecule has 1 amide bonds. The molecule has 3 aromatic rings. The summed E-state index contributed by atoms with van der Waals surface area (Å²) in [4.78, 5) is 25.7. The second-order valence-electron chi connectivity index (χ2n) is 7.27. The van der Waals surface area contributed by atoms with E-state index in [0.717, 1.165) is 50.1 Å². The third-order valence-electron chi connectivity index (χ3n) is 5.33. The topological polar surface area (TPSA) is 101 Å². The van der Waals surface area contributed by atoms with Crippen LogP contribution in [0.2, 0.25) is 0 Å². The van der Waals surface area contributed by atoms with Gasteiger partial charge in [0.2, 0.25) is 5.95 Å². The predicted octanol–water partition coefficient (Wildman–Crippen LogP) is 0.926. The van der Waals surface area contributed by atoms with E-state index < -0.39 is 0 Å². The van der Waals surface area contributed by atoms with E-state index >= 15 is 0 Å². The van der Waals surface area contributed by atoms with E-state index in [2.05, 4.69) is 35.4 Å². The molecule has 0 radical (unpaired) electrons. The van der Waals surface area contributed by atoms with Crippen LogP contribution in [0.5, 0.6) is 5.75 Å². The van der Waals surface area contributed by atoms with E-state index in [1.807, 2.05) is 37.3 Å². The summed E-state index contributed by atoms with van der Waals surface area (Å²) in [5.41, 5.74) is 1.81. The molecular formula is C21H26N8O2. The Kier molecular flexibility index (Phi) is 6.37. The van der Waals surface area contributed by atoms with Crippen molar-refractivity contribution in [3.63, 3.8) is 0 Å². The first-order chi connectivity index (χ1) is 15.2. The van der Waals surface area contributed by atoms with E-state index in [0.29, 0.717) is 17.9 Å². The smallest absolute Gasteiger partial charge is 0.273 e. The van der Waals surface area contributed by atoms with Crippen molar-refractivity contribution in [2.24, 2.45) is 0 Å². The van der Waals surface area contributed by atoms with Crippen LogP contribution in [0.3, 0.4) is 0 Å². The Morgan fingerprint density at radius 2 is 1.90 bits per heavy atom. The summed E-state index contributed by atoms with van der Waals surface area (Å²) in [6.07, 6.45) is 3.52. The number of carbonyl (C=O) groups is 1. The molecule has 4 rings (SSSR count). The summed E-state index contributed by atoms with van der Waals surface area (Å²) in [7, 11) is 1.61. The number of hydrogen-bond acceptors (Lipinski definition) is 8. The van der Waals surface area contributed by atoms with Crippen molar-refractivity contribution >= 4 is 11.9 Å². The molecule has 2 aromatic heterocycles. The zero-order valence-corrected chi connectivity index (χ0v) is 17.7. The molecule has 1 aliphatic rings. The van der Waals surface area contributed by atoms with Gasteiger partial charge in [-0.2, -0.15) is 0 Å². The van der Waals surface area contributed by atoms with Crippen molar-refractivity contribution < 1.29 is 9.53 Å². The SMILES string of the molecule is COc1cccc(-n2nnc(C(=O)NCCN3CCN(c4ncccn4)CC3)c2C)c1. The Morgan fingerprint density at radius 1 is 1.13 bits per heavy atom. The lowest BCUT2D eigenvalue weighted by atomic mass is 10.2. The number of amides is 1. The summed E-state index contributed by atoms with van der Waals surface area (Å²) in [6.45, 7) is 6.69. The molecule has 10 nitrogen and oxygen atoms in total. The highest BCUT2D eigenvalue weighted by molar-refractivity contribution is 5.93. The molecule has 0 atom stereocenters. The number of piperazine rings is 1. The summed E-state index contributed by atoms with van der Waals surface area (Å²) < 4.78 is 6.90. The summed E-state index contributed by atoms with van der Waals surface area (Å²) in [5, 5.41) is 11.2. The third-order valence-corrected chi connectivity index (χ3v) is 5.33. The molecule has 1 N–H and O–H groups in total. The Bertz CT molecular complexity index is 1020. The molecule has 0 bridgehead atoms. The van der Waals surface area contributed by atoms with Crippen LogP contribution in [0.4, 0.5) is 5.95 Å². The Labute approximate surface area is 180 Å². The first-order valence-electron chi connectivity index (χ1n) is 10.2. The van der Waals surface area contributed by atoms with Crippen molar-refractivity contribution in [3.8, 4) is 11.4 Å². The van der Waals surface area contributed by atoms with Crippen LogP contribution in [-0.4, -0.2) is 82.1 Å². The largest absolute Gasteiger partial charge is 0.497 e. The fraction of sp³-hybridized carbons (Fsp3) is 0.381. The average Bonchev–Trinajstić information content (AvgIpc) is 3.21.